The summed E-state index contributed by atoms with van der Waals surface area (Å²) in [7, 11) is 0. The summed E-state index contributed by atoms with van der Waals surface area (Å²) in [6.45, 7) is 13.7. The van der Waals surface area contributed by atoms with E-state index in [-0.39, 0.29) is 0 Å². The molecule has 8 nitrogen and oxygen atoms in total. The normalized spacial score (nSPS) is 12.1. The fraction of sp³-hybridized carbons (Fsp3) is 0.0909. The monoisotopic (exact) mass is 1230 g/mol. The van der Waals surface area contributed by atoms with E-state index in [2.05, 4.69) is 336 Å². The maximum Gasteiger partial charge on any atom is 0.165 e. The first-order chi connectivity index (χ1) is 47.0. The van der Waals surface area contributed by atoms with Gasteiger partial charge in [0.25, 0.3) is 0 Å². The summed E-state index contributed by atoms with van der Waals surface area (Å²) >= 11 is 0. The van der Waals surface area contributed by atoms with Crippen LogP contribution >= 0.6 is 0 Å². The zero-order chi connectivity index (χ0) is 64.8. The molecule has 0 saturated carbocycles. The second-order valence-corrected chi connectivity index (χ2v) is 26.9. The molecule has 0 saturated heterocycles. The van der Waals surface area contributed by atoms with Gasteiger partial charge in [-0.15, -0.1) is 0 Å². The molecule has 0 atom stereocenters. The summed E-state index contributed by atoms with van der Waals surface area (Å²) in [6, 6.07) is 101. The van der Waals surface area contributed by atoms with Crippen molar-refractivity contribution >= 4 is 44.1 Å². The Kier molecular flexibility index (Phi) is 13.8. The van der Waals surface area contributed by atoms with Gasteiger partial charge in [-0.05, 0) is 104 Å². The van der Waals surface area contributed by atoms with Crippen molar-refractivity contribution in [2.45, 2.75) is 52.5 Å². The van der Waals surface area contributed by atoms with Crippen LogP contribution < -0.4 is 0 Å². The molecule has 8 heteroatoms. The topological polar surface area (TPSA) is 98.1 Å². The molecule has 0 spiro atoms. The Morgan fingerprint density at radius 1 is 0.250 bits per heavy atom. The van der Waals surface area contributed by atoms with Gasteiger partial charge in [0.15, 0.2) is 23.3 Å². The highest BCUT2D eigenvalue weighted by molar-refractivity contribution is 6.23. The molecular weight excluding hydrogens is 1170 g/mol. The second kappa shape index (κ2) is 22.9. The van der Waals surface area contributed by atoms with Crippen molar-refractivity contribution in [1.82, 2.24) is 39.5 Å². The maximum atomic E-state index is 6.26. The summed E-state index contributed by atoms with van der Waals surface area (Å²) in [5.41, 5.74) is 22.7. The molecule has 0 fully saturated rings. The fourth-order valence-corrected chi connectivity index (χ4v) is 14.9. The van der Waals surface area contributed by atoms with Crippen molar-refractivity contribution < 1.29 is 0 Å². The van der Waals surface area contributed by atoms with Crippen LogP contribution in [0.4, 0.5) is 0 Å². The molecule has 3 aromatic heterocycles. The number of H-pyrrole nitrogens is 1. The zero-order valence-corrected chi connectivity index (χ0v) is 54.3. The largest absolute Gasteiger partial charge is 0.324 e. The van der Waals surface area contributed by atoms with Crippen LogP contribution in [0.3, 0.4) is 0 Å². The molecule has 0 unspecified atom stereocenters. The molecule has 96 heavy (non-hydrogen) atoms. The second-order valence-electron chi connectivity index (χ2n) is 26.9. The van der Waals surface area contributed by atoms with Crippen molar-refractivity contribution in [3.63, 3.8) is 0 Å². The highest BCUT2D eigenvalue weighted by atomic mass is 15.2. The molecule has 5 heterocycles. The minimum atomic E-state index is -0.616. The van der Waals surface area contributed by atoms with E-state index in [0.29, 0.717) is 40.2 Å². The molecule has 8 bridgehead atoms. The molecule has 2 aliphatic heterocycles. The number of nitrogens with one attached hydrogen (secondary N) is 1. The molecule has 2 aliphatic rings. The van der Waals surface area contributed by atoms with Crippen LogP contribution in [-0.2, 0) is 11.0 Å². The minimum absolute atomic E-state index is 0.494. The van der Waals surface area contributed by atoms with E-state index < -0.39 is 11.0 Å². The Labute approximate surface area is 558 Å². The molecule has 0 aliphatic carbocycles. The van der Waals surface area contributed by atoms with Crippen molar-refractivity contribution in [1.29, 1.82) is 0 Å². The van der Waals surface area contributed by atoms with Crippen LogP contribution in [0, 0.1) is 0 Å². The summed E-state index contributed by atoms with van der Waals surface area (Å²) in [5.74, 6) is 2.09. The average molecular weight is 1240 g/mol. The standard InChI is InChI=1S/C88H66N8/c1-87(2,3)78-72(61-48-29-14-30-49-61)68(57-40-21-10-22-41-57)71(60-46-27-13-28-47-60)76-77(78)84-90-79-63-50-31-32-51-64(63)80(89-79)94-85-65-53-33-52-62(54-34-15-7-16-35-54)73(65)86(96(85)88(4,5)6)95-83-75-70(59-44-25-12-26-45-59)67(56-38-19-9-20-39-56)66(55-36-17-8-18-37-55)69(58-42-23-11-24-43-58)74(75)81(92-83)91-82(76)93-84/h7-53H,1-6H3,(H,89,90,91,92,93,94,95). The van der Waals surface area contributed by atoms with Gasteiger partial charge in [0.2, 0.25) is 0 Å². The van der Waals surface area contributed by atoms with Crippen LogP contribution in [0.1, 0.15) is 47.1 Å². The summed E-state index contributed by atoms with van der Waals surface area (Å²) in [6.07, 6.45) is 0. The lowest BCUT2D eigenvalue weighted by Crippen LogP contribution is -2.22. The van der Waals surface area contributed by atoms with E-state index in [0.717, 1.165) is 144 Å². The van der Waals surface area contributed by atoms with E-state index in [1.54, 1.807) is 0 Å². The van der Waals surface area contributed by atoms with Crippen LogP contribution in [0.5, 0.6) is 0 Å². The smallest absolute Gasteiger partial charge is 0.165 e. The number of benzene rings is 12. The predicted molar refractivity (Wildman–Crippen MR) is 397 cm³/mol. The lowest BCUT2D eigenvalue weighted by Gasteiger charge is -2.29. The Balaban J connectivity index is 1.21. The molecule has 12 aromatic carbocycles. The average Bonchev–Trinajstić information content (AvgIpc) is 1.37. The number of hydrogen-bond donors (Lipinski definition) is 1. The molecule has 17 rings (SSSR count). The molecule has 0 radical (unpaired) electrons. The van der Waals surface area contributed by atoms with E-state index >= 15 is 0 Å². The molecule has 458 valence electrons. The molecular formula is C88H66N8. The zero-order valence-electron chi connectivity index (χ0n) is 54.3. The predicted octanol–water partition coefficient (Wildman–Crippen LogP) is 22.7. The van der Waals surface area contributed by atoms with Crippen molar-refractivity contribution in [3.05, 3.63) is 291 Å². The Bertz CT molecular complexity index is 5720. The van der Waals surface area contributed by atoms with E-state index in [1.165, 1.54) is 0 Å². The molecule has 1 N–H and O–H groups in total. The van der Waals surface area contributed by atoms with Crippen molar-refractivity contribution in [2.24, 2.45) is 0 Å². The SMILES string of the molecule is CC(C)(C)c1c(-c2ccccc2)c(-c2ccccc2)c(-c2ccccc2)c2c3nc4nc(nc5c6c(-c7ccccc7)cccc6c(nc6nc(nc([nH]3)c12)-c1ccccc1-6)n5C(C)(C)C)-c1c(-c2ccccc2)c(-c2ccccc2)c(-c2ccccc2)c(-c2ccccc2)c1-4. The summed E-state index contributed by atoms with van der Waals surface area (Å²) in [5, 5.41) is 3.71. The molecule has 0 amide bonds. The molecule has 15 aromatic rings. The highest BCUT2D eigenvalue weighted by Gasteiger charge is 2.37. The van der Waals surface area contributed by atoms with Gasteiger partial charge in [0, 0.05) is 66.0 Å². The van der Waals surface area contributed by atoms with Crippen LogP contribution in [0.25, 0.3) is 179 Å². The van der Waals surface area contributed by atoms with Gasteiger partial charge in [0.1, 0.15) is 22.6 Å². The number of nitrogens with zero attached hydrogens (tertiary/aromatic N) is 7. The Hall–Kier alpha value is -12.0. The summed E-state index contributed by atoms with van der Waals surface area (Å²) < 4.78 is 2.31. The van der Waals surface area contributed by atoms with Gasteiger partial charge >= 0.3 is 0 Å². The first-order valence-electron chi connectivity index (χ1n) is 33.0. The summed E-state index contributed by atoms with van der Waals surface area (Å²) in [4.78, 5) is 40.1. The highest BCUT2D eigenvalue weighted by Crippen LogP contribution is 2.58. The lowest BCUT2D eigenvalue weighted by molar-refractivity contribution is 0.419. The number of aromatic amines is 1. The first kappa shape index (κ1) is 57.9. The fourth-order valence-electron chi connectivity index (χ4n) is 14.9. The maximum absolute atomic E-state index is 6.26. The van der Waals surface area contributed by atoms with Gasteiger partial charge in [-0.25, -0.2) is 29.9 Å². The van der Waals surface area contributed by atoms with Gasteiger partial charge in [-0.2, -0.15) is 0 Å². The number of fused-ring (bicyclic) bond motifs is 20. The van der Waals surface area contributed by atoms with Crippen LogP contribution in [0.15, 0.2) is 285 Å². The quantitative estimate of drug-likeness (QED) is 0.163. The van der Waals surface area contributed by atoms with Crippen molar-refractivity contribution in [2.75, 3.05) is 0 Å². The van der Waals surface area contributed by atoms with E-state index in [4.69, 9.17) is 29.9 Å². The third-order valence-corrected chi connectivity index (χ3v) is 18.7. The van der Waals surface area contributed by atoms with E-state index in [9.17, 15) is 0 Å². The lowest BCUT2D eigenvalue weighted by atomic mass is 9.74. The van der Waals surface area contributed by atoms with Crippen LogP contribution in [0.2, 0.25) is 0 Å². The van der Waals surface area contributed by atoms with Gasteiger partial charge < -0.3 is 9.55 Å². The van der Waals surface area contributed by atoms with E-state index in [1.807, 2.05) is 0 Å². The van der Waals surface area contributed by atoms with Crippen LogP contribution in [-0.4, -0.2) is 39.5 Å². The first-order valence-corrected chi connectivity index (χ1v) is 33.0. The Morgan fingerprint density at radius 2 is 0.573 bits per heavy atom. The minimum Gasteiger partial charge on any atom is -0.324 e. The number of rotatable bonds is 8. The number of hydrogen-bond acceptors (Lipinski definition) is 6. The Morgan fingerprint density at radius 3 is 1.01 bits per heavy atom. The van der Waals surface area contributed by atoms with Gasteiger partial charge in [0.05, 0.1) is 0 Å². The number of aromatic nitrogens is 8. The van der Waals surface area contributed by atoms with Gasteiger partial charge in [-0.1, -0.05) is 306 Å². The third-order valence-electron chi connectivity index (χ3n) is 18.7. The van der Waals surface area contributed by atoms with Crippen molar-refractivity contribution in [3.8, 4) is 135 Å². The van der Waals surface area contributed by atoms with Gasteiger partial charge in [-0.3, -0.25) is 0 Å². The third kappa shape index (κ3) is 9.58.